The lowest BCUT2D eigenvalue weighted by atomic mass is 9.99. The molecule has 0 rings (SSSR count). The zero-order chi connectivity index (χ0) is 45.4. The van der Waals surface area contributed by atoms with Crippen LogP contribution in [0.25, 0.3) is 0 Å². The van der Waals surface area contributed by atoms with Gasteiger partial charge in [-0.3, -0.25) is 14.4 Å². The first kappa shape index (κ1) is 60.4. The van der Waals surface area contributed by atoms with Gasteiger partial charge in [-0.25, -0.2) is 0 Å². The van der Waals surface area contributed by atoms with Gasteiger partial charge in [0.1, 0.15) is 13.2 Å². The molecule has 0 aromatic rings. The van der Waals surface area contributed by atoms with Crippen molar-refractivity contribution in [2.45, 2.75) is 317 Å². The van der Waals surface area contributed by atoms with Crippen LogP contribution in [-0.2, 0) is 28.6 Å². The van der Waals surface area contributed by atoms with Gasteiger partial charge in [-0.2, -0.15) is 0 Å². The molecule has 2 atom stereocenters. The summed E-state index contributed by atoms with van der Waals surface area (Å²) in [6.45, 7) is 11.4. The predicted octanol–water partition coefficient (Wildman–Crippen LogP) is 18.1. The van der Waals surface area contributed by atoms with Crippen molar-refractivity contribution >= 4 is 17.9 Å². The van der Waals surface area contributed by atoms with Gasteiger partial charge < -0.3 is 14.2 Å². The molecule has 0 aromatic carbocycles. The van der Waals surface area contributed by atoms with Crippen molar-refractivity contribution in [1.29, 1.82) is 0 Å². The van der Waals surface area contributed by atoms with Gasteiger partial charge in [0.15, 0.2) is 6.10 Å². The second kappa shape index (κ2) is 48.9. The molecule has 0 N–H and O–H groups in total. The summed E-state index contributed by atoms with van der Waals surface area (Å²) in [5, 5.41) is 0. The fourth-order valence-electron chi connectivity index (χ4n) is 8.49. The number of ether oxygens (including phenoxy) is 3. The maximum atomic E-state index is 12.8. The standard InChI is InChI=1S/C56H108O6/c1-6-8-9-10-11-12-13-14-15-16-19-22-25-31-36-41-46-54(57)60-49-53(62-56(59)48-43-38-33-28-27-30-35-40-45-52(5)7-2)50-61-55(58)47-42-37-32-26-23-20-17-18-21-24-29-34-39-44-51(3)4/h51-53H,6-50H2,1-5H3/t52?,53-/m1/s1. The zero-order valence-corrected chi connectivity index (χ0v) is 42.5. The van der Waals surface area contributed by atoms with Crippen LogP contribution in [0.2, 0.25) is 0 Å². The van der Waals surface area contributed by atoms with Crippen LogP contribution in [-0.4, -0.2) is 37.2 Å². The average molecular weight is 877 g/mol. The SMILES string of the molecule is CCCCCCCCCCCCCCCCCCC(=O)OC[C@H](COC(=O)CCCCCCCCCCCCCCCC(C)C)OC(=O)CCCCCCCCCCC(C)CC. The van der Waals surface area contributed by atoms with E-state index >= 15 is 0 Å². The molecular weight excluding hydrogens is 769 g/mol. The number of rotatable bonds is 50. The molecule has 0 bridgehead atoms. The summed E-state index contributed by atoms with van der Waals surface area (Å²) >= 11 is 0. The second-order valence-corrected chi connectivity index (χ2v) is 19.9. The van der Waals surface area contributed by atoms with Crippen molar-refractivity contribution < 1.29 is 28.6 Å². The molecule has 62 heavy (non-hydrogen) atoms. The van der Waals surface area contributed by atoms with E-state index in [0.717, 1.165) is 69.6 Å². The normalized spacial score (nSPS) is 12.5. The molecule has 0 radical (unpaired) electrons. The smallest absolute Gasteiger partial charge is 0.306 e. The first-order valence-electron chi connectivity index (χ1n) is 27.8. The van der Waals surface area contributed by atoms with Crippen LogP contribution in [0.3, 0.4) is 0 Å². The first-order valence-corrected chi connectivity index (χ1v) is 27.8. The number of carbonyl (C=O) groups is 3. The third-order valence-corrected chi connectivity index (χ3v) is 13.1. The van der Waals surface area contributed by atoms with Gasteiger partial charge in [-0.15, -0.1) is 0 Å². The van der Waals surface area contributed by atoms with E-state index in [-0.39, 0.29) is 31.1 Å². The van der Waals surface area contributed by atoms with Crippen LogP contribution in [0.15, 0.2) is 0 Å². The van der Waals surface area contributed by atoms with Crippen molar-refractivity contribution in [3.8, 4) is 0 Å². The van der Waals surface area contributed by atoms with Crippen molar-refractivity contribution in [2.24, 2.45) is 11.8 Å². The number of unbranched alkanes of at least 4 members (excludes halogenated alkanes) is 34. The molecule has 0 heterocycles. The van der Waals surface area contributed by atoms with E-state index in [4.69, 9.17) is 14.2 Å². The fraction of sp³-hybridized carbons (Fsp3) is 0.946. The number of hydrogen-bond donors (Lipinski definition) is 0. The van der Waals surface area contributed by atoms with Crippen LogP contribution >= 0.6 is 0 Å². The lowest BCUT2D eigenvalue weighted by Gasteiger charge is -2.18. The minimum absolute atomic E-state index is 0.0634. The fourth-order valence-corrected chi connectivity index (χ4v) is 8.49. The molecule has 0 aromatic heterocycles. The van der Waals surface area contributed by atoms with Gasteiger partial charge >= 0.3 is 17.9 Å². The summed E-state index contributed by atoms with van der Waals surface area (Å²) in [4.78, 5) is 38.1. The maximum Gasteiger partial charge on any atom is 0.306 e. The summed E-state index contributed by atoms with van der Waals surface area (Å²) in [6, 6.07) is 0. The second-order valence-electron chi connectivity index (χ2n) is 19.9. The molecule has 6 heteroatoms. The van der Waals surface area contributed by atoms with Crippen LogP contribution < -0.4 is 0 Å². The van der Waals surface area contributed by atoms with Gasteiger partial charge in [0, 0.05) is 19.3 Å². The van der Waals surface area contributed by atoms with Crippen LogP contribution in [0.1, 0.15) is 311 Å². The molecule has 0 aliphatic heterocycles. The summed E-state index contributed by atoms with van der Waals surface area (Å²) in [5.41, 5.74) is 0. The van der Waals surface area contributed by atoms with E-state index in [1.54, 1.807) is 0 Å². The van der Waals surface area contributed by atoms with Gasteiger partial charge in [-0.1, -0.05) is 272 Å². The number of carbonyl (C=O) groups excluding carboxylic acids is 3. The van der Waals surface area contributed by atoms with Gasteiger partial charge in [0.2, 0.25) is 0 Å². The monoisotopic (exact) mass is 877 g/mol. The third-order valence-electron chi connectivity index (χ3n) is 13.1. The molecule has 0 amide bonds. The van der Waals surface area contributed by atoms with E-state index < -0.39 is 6.10 Å². The highest BCUT2D eigenvalue weighted by molar-refractivity contribution is 5.71. The Hall–Kier alpha value is -1.59. The molecule has 0 spiro atoms. The van der Waals surface area contributed by atoms with E-state index in [9.17, 15) is 14.4 Å². The number of hydrogen-bond acceptors (Lipinski definition) is 6. The first-order chi connectivity index (χ1) is 30.3. The largest absolute Gasteiger partial charge is 0.462 e. The molecule has 368 valence electrons. The molecular formula is C56H108O6. The van der Waals surface area contributed by atoms with E-state index in [2.05, 4.69) is 34.6 Å². The molecule has 0 aliphatic rings. The lowest BCUT2D eigenvalue weighted by Crippen LogP contribution is -2.30. The predicted molar refractivity (Wildman–Crippen MR) is 266 cm³/mol. The summed E-state index contributed by atoms with van der Waals surface area (Å²) in [7, 11) is 0. The Morgan fingerprint density at radius 2 is 0.613 bits per heavy atom. The molecule has 0 fully saturated rings. The van der Waals surface area contributed by atoms with Crippen molar-refractivity contribution in [3.63, 3.8) is 0 Å². The van der Waals surface area contributed by atoms with E-state index in [0.29, 0.717) is 19.3 Å². The summed E-state index contributed by atoms with van der Waals surface area (Å²) < 4.78 is 16.9. The quantitative estimate of drug-likeness (QED) is 0.0344. The highest BCUT2D eigenvalue weighted by Crippen LogP contribution is 2.18. The van der Waals surface area contributed by atoms with Crippen molar-refractivity contribution in [1.82, 2.24) is 0 Å². The lowest BCUT2D eigenvalue weighted by molar-refractivity contribution is -0.167. The minimum atomic E-state index is -0.763. The van der Waals surface area contributed by atoms with E-state index in [1.165, 1.54) is 199 Å². The Labute approximate surface area is 387 Å². The molecule has 0 saturated carbocycles. The minimum Gasteiger partial charge on any atom is -0.462 e. The Morgan fingerprint density at radius 3 is 0.919 bits per heavy atom. The highest BCUT2D eigenvalue weighted by atomic mass is 16.6. The topological polar surface area (TPSA) is 78.9 Å². The van der Waals surface area contributed by atoms with Gasteiger partial charge in [0.25, 0.3) is 0 Å². The molecule has 0 saturated heterocycles. The summed E-state index contributed by atoms with van der Waals surface area (Å²) in [5.74, 6) is 0.840. The molecule has 6 nitrogen and oxygen atoms in total. The van der Waals surface area contributed by atoms with E-state index in [1.807, 2.05) is 0 Å². The Kier molecular flexibility index (Phi) is 47.6. The van der Waals surface area contributed by atoms with Crippen LogP contribution in [0, 0.1) is 11.8 Å². The van der Waals surface area contributed by atoms with Crippen molar-refractivity contribution in [3.05, 3.63) is 0 Å². The average Bonchev–Trinajstić information content (AvgIpc) is 3.26. The summed E-state index contributed by atoms with van der Waals surface area (Å²) in [6.07, 6.45) is 50.8. The van der Waals surface area contributed by atoms with Gasteiger partial charge in [0.05, 0.1) is 0 Å². The Morgan fingerprint density at radius 1 is 0.339 bits per heavy atom. The highest BCUT2D eigenvalue weighted by Gasteiger charge is 2.19. The van der Waals surface area contributed by atoms with Crippen LogP contribution in [0.5, 0.6) is 0 Å². The Balaban J connectivity index is 4.29. The molecule has 1 unspecified atom stereocenters. The van der Waals surface area contributed by atoms with Gasteiger partial charge in [-0.05, 0) is 31.1 Å². The zero-order valence-electron chi connectivity index (χ0n) is 42.5. The molecule has 0 aliphatic carbocycles. The van der Waals surface area contributed by atoms with Crippen molar-refractivity contribution in [2.75, 3.05) is 13.2 Å². The number of esters is 3. The third kappa shape index (κ3) is 47.9. The maximum absolute atomic E-state index is 12.8. The Bertz CT molecular complexity index is 949. The van der Waals surface area contributed by atoms with Crippen LogP contribution in [0.4, 0.5) is 0 Å².